The number of nitrogens with zero attached hydrogens (tertiary/aromatic N) is 1. The summed E-state index contributed by atoms with van der Waals surface area (Å²) in [7, 11) is 1.41. The molecule has 1 aromatic rings. The standard InChI is InChI=1S/C12H14N2O5/c1-3-6-9(13-4-8(16)14-6)11-12(18-2)10(17)7(5-15)19-11/h1,4,7,10-12,15,17H,5H2,2H3,(H,14,16)/t7-,10?,11+,12?/m1/s1. The Labute approximate surface area is 109 Å². The van der Waals surface area contributed by atoms with Crippen molar-refractivity contribution in [1.29, 1.82) is 0 Å². The van der Waals surface area contributed by atoms with Crippen LogP contribution in [0.2, 0.25) is 0 Å². The minimum Gasteiger partial charge on any atom is -0.394 e. The lowest BCUT2D eigenvalue weighted by Crippen LogP contribution is -2.34. The number of aromatic amines is 1. The molecule has 1 fully saturated rings. The molecule has 3 N–H and O–H groups in total. The number of ether oxygens (including phenoxy) is 2. The first-order valence-electron chi connectivity index (χ1n) is 5.65. The van der Waals surface area contributed by atoms with Crippen molar-refractivity contribution in [3.63, 3.8) is 0 Å². The largest absolute Gasteiger partial charge is 0.394 e. The van der Waals surface area contributed by atoms with Gasteiger partial charge in [-0.2, -0.15) is 0 Å². The van der Waals surface area contributed by atoms with Crippen LogP contribution in [0.1, 0.15) is 17.5 Å². The van der Waals surface area contributed by atoms with Gasteiger partial charge in [0.05, 0.1) is 12.8 Å². The Morgan fingerprint density at radius 3 is 3.00 bits per heavy atom. The van der Waals surface area contributed by atoms with Gasteiger partial charge in [0.15, 0.2) is 0 Å². The number of hydrogen-bond donors (Lipinski definition) is 3. The Morgan fingerprint density at radius 2 is 2.42 bits per heavy atom. The van der Waals surface area contributed by atoms with Gasteiger partial charge in [-0.25, -0.2) is 4.98 Å². The Kier molecular flexibility index (Phi) is 3.97. The van der Waals surface area contributed by atoms with Gasteiger partial charge in [-0.1, -0.05) is 5.92 Å². The number of hydrogen-bond acceptors (Lipinski definition) is 6. The van der Waals surface area contributed by atoms with Gasteiger partial charge in [-0.3, -0.25) is 4.79 Å². The first-order valence-corrected chi connectivity index (χ1v) is 5.65. The van der Waals surface area contributed by atoms with Gasteiger partial charge in [0.2, 0.25) is 0 Å². The first-order chi connectivity index (χ1) is 9.12. The number of aliphatic hydroxyl groups is 2. The molecule has 2 heterocycles. The van der Waals surface area contributed by atoms with E-state index in [1.54, 1.807) is 0 Å². The molecule has 1 saturated heterocycles. The number of H-pyrrole nitrogens is 1. The van der Waals surface area contributed by atoms with E-state index >= 15 is 0 Å². The summed E-state index contributed by atoms with van der Waals surface area (Å²) in [5.74, 6) is 2.31. The zero-order chi connectivity index (χ0) is 14.0. The average Bonchev–Trinajstić information content (AvgIpc) is 2.74. The van der Waals surface area contributed by atoms with Crippen molar-refractivity contribution in [2.24, 2.45) is 0 Å². The number of aromatic nitrogens is 2. The number of rotatable bonds is 3. The van der Waals surface area contributed by atoms with Crippen molar-refractivity contribution in [1.82, 2.24) is 9.97 Å². The quantitative estimate of drug-likeness (QED) is 0.579. The van der Waals surface area contributed by atoms with Gasteiger partial charge in [0.1, 0.15) is 35.8 Å². The van der Waals surface area contributed by atoms with Crippen molar-refractivity contribution in [3.8, 4) is 12.3 Å². The topological polar surface area (TPSA) is 105 Å². The molecule has 1 aliphatic heterocycles. The molecular formula is C12H14N2O5. The molecule has 2 unspecified atom stereocenters. The Hall–Kier alpha value is -1.72. The summed E-state index contributed by atoms with van der Waals surface area (Å²) >= 11 is 0. The van der Waals surface area contributed by atoms with Crippen LogP contribution in [0.25, 0.3) is 0 Å². The number of aliphatic hydroxyl groups excluding tert-OH is 2. The van der Waals surface area contributed by atoms with Crippen molar-refractivity contribution in [3.05, 3.63) is 27.9 Å². The van der Waals surface area contributed by atoms with E-state index in [0.717, 1.165) is 6.20 Å². The van der Waals surface area contributed by atoms with Crippen LogP contribution in [-0.4, -0.2) is 52.2 Å². The molecule has 0 aromatic carbocycles. The second-order valence-corrected chi connectivity index (χ2v) is 4.12. The van der Waals surface area contributed by atoms with E-state index in [-0.39, 0.29) is 12.3 Å². The molecule has 0 spiro atoms. The third-order valence-corrected chi connectivity index (χ3v) is 3.03. The Balaban J connectivity index is 2.41. The van der Waals surface area contributed by atoms with E-state index in [9.17, 15) is 9.90 Å². The van der Waals surface area contributed by atoms with Gasteiger partial charge >= 0.3 is 0 Å². The van der Waals surface area contributed by atoms with Gasteiger partial charge < -0.3 is 24.7 Å². The van der Waals surface area contributed by atoms with E-state index in [1.807, 2.05) is 0 Å². The van der Waals surface area contributed by atoms with Crippen LogP contribution < -0.4 is 5.56 Å². The van der Waals surface area contributed by atoms with Crippen molar-refractivity contribution in [2.45, 2.75) is 24.4 Å². The lowest BCUT2D eigenvalue weighted by atomic mass is 10.0. The van der Waals surface area contributed by atoms with Crippen LogP contribution in [0.4, 0.5) is 0 Å². The van der Waals surface area contributed by atoms with E-state index in [2.05, 4.69) is 15.9 Å². The van der Waals surface area contributed by atoms with Crippen LogP contribution in [0.5, 0.6) is 0 Å². The smallest absolute Gasteiger partial charge is 0.267 e. The molecule has 1 aromatic heterocycles. The summed E-state index contributed by atoms with van der Waals surface area (Å²) in [6, 6.07) is 0. The van der Waals surface area contributed by atoms with Crippen LogP contribution in [-0.2, 0) is 9.47 Å². The molecule has 0 saturated carbocycles. The highest BCUT2D eigenvalue weighted by Gasteiger charge is 2.45. The third-order valence-electron chi connectivity index (χ3n) is 3.03. The highest BCUT2D eigenvalue weighted by Crippen LogP contribution is 2.34. The fourth-order valence-electron chi connectivity index (χ4n) is 2.11. The zero-order valence-electron chi connectivity index (χ0n) is 10.2. The van der Waals surface area contributed by atoms with E-state index in [0.29, 0.717) is 5.69 Å². The Morgan fingerprint density at radius 1 is 1.68 bits per heavy atom. The van der Waals surface area contributed by atoms with E-state index < -0.39 is 30.0 Å². The zero-order valence-corrected chi connectivity index (χ0v) is 10.2. The lowest BCUT2D eigenvalue weighted by molar-refractivity contribution is -0.0252. The molecule has 7 nitrogen and oxygen atoms in total. The van der Waals surface area contributed by atoms with Gasteiger partial charge in [0.25, 0.3) is 5.56 Å². The summed E-state index contributed by atoms with van der Waals surface area (Å²) in [4.78, 5) is 17.6. The van der Waals surface area contributed by atoms with Crippen LogP contribution in [0.15, 0.2) is 11.0 Å². The highest BCUT2D eigenvalue weighted by molar-refractivity contribution is 5.31. The molecule has 0 radical (unpaired) electrons. The second kappa shape index (κ2) is 5.50. The molecule has 4 atom stereocenters. The van der Waals surface area contributed by atoms with Crippen LogP contribution in [0.3, 0.4) is 0 Å². The van der Waals surface area contributed by atoms with Crippen LogP contribution >= 0.6 is 0 Å². The predicted octanol–water partition coefficient (Wildman–Crippen LogP) is -1.44. The molecule has 2 rings (SSSR count). The SMILES string of the molecule is C#Cc1[nH]c(=O)cnc1[C@@H]1O[C@H](CO)C(O)C1OC. The average molecular weight is 266 g/mol. The molecule has 0 amide bonds. The number of terminal acetylenes is 1. The molecular weight excluding hydrogens is 252 g/mol. The summed E-state index contributed by atoms with van der Waals surface area (Å²) in [6.45, 7) is -0.355. The van der Waals surface area contributed by atoms with Crippen molar-refractivity contribution >= 4 is 0 Å². The maximum absolute atomic E-state index is 11.2. The predicted molar refractivity (Wildman–Crippen MR) is 64.3 cm³/mol. The number of methoxy groups -OCH3 is 1. The fraction of sp³-hybridized carbons (Fsp3) is 0.500. The first kappa shape index (κ1) is 13.7. The van der Waals surface area contributed by atoms with E-state index in [4.69, 9.17) is 21.0 Å². The molecule has 0 bridgehead atoms. The summed E-state index contributed by atoms with van der Waals surface area (Å²) in [5.41, 5.74) is 0.0391. The summed E-state index contributed by atoms with van der Waals surface area (Å²) in [5, 5.41) is 19.1. The molecule has 0 aliphatic carbocycles. The van der Waals surface area contributed by atoms with Gasteiger partial charge in [0, 0.05) is 7.11 Å². The van der Waals surface area contributed by atoms with E-state index in [1.165, 1.54) is 7.11 Å². The van der Waals surface area contributed by atoms with Gasteiger partial charge in [-0.15, -0.1) is 6.42 Å². The Bertz CT molecular complexity index is 550. The lowest BCUT2D eigenvalue weighted by Gasteiger charge is -2.18. The molecule has 7 heteroatoms. The minimum absolute atomic E-state index is 0.172. The molecule has 102 valence electrons. The number of nitrogens with one attached hydrogen (secondary N) is 1. The third kappa shape index (κ3) is 2.39. The molecule has 1 aliphatic rings. The monoisotopic (exact) mass is 266 g/mol. The summed E-state index contributed by atoms with van der Waals surface area (Å²) in [6.07, 6.45) is 3.13. The highest BCUT2D eigenvalue weighted by atomic mass is 16.6. The van der Waals surface area contributed by atoms with Gasteiger partial charge in [-0.05, 0) is 0 Å². The maximum atomic E-state index is 11.2. The maximum Gasteiger partial charge on any atom is 0.267 e. The summed E-state index contributed by atoms with van der Waals surface area (Å²) < 4.78 is 10.7. The fourth-order valence-corrected chi connectivity index (χ4v) is 2.11. The van der Waals surface area contributed by atoms with Crippen molar-refractivity contribution in [2.75, 3.05) is 13.7 Å². The van der Waals surface area contributed by atoms with Crippen molar-refractivity contribution < 1.29 is 19.7 Å². The second-order valence-electron chi connectivity index (χ2n) is 4.12. The normalized spacial score (nSPS) is 30.2. The van der Waals surface area contributed by atoms with Crippen LogP contribution in [0, 0.1) is 12.3 Å². The molecule has 19 heavy (non-hydrogen) atoms. The minimum atomic E-state index is -1.00.